The first-order valence-electron chi connectivity index (χ1n) is 11.8. The standard InChI is InChI=1S/C25H28N4O7S/c1-35-18-3-6-20(7-4-18)37(33,34)29-11-9-17(10-12-29)25(23(31)26-24(32)27-25)15-28-14-16-13-19(36-2)5-8-21(16)22(28)30/h3-8,13-14,17,30H,9-12,15H2,1-2H3,(H2,26,27,31,32). The number of aromatic hydroxyl groups is 1. The van der Waals surface area contributed by atoms with Crippen LogP contribution < -0.4 is 20.1 Å². The van der Waals surface area contributed by atoms with Gasteiger partial charge in [-0.3, -0.25) is 10.1 Å². The first-order valence-corrected chi connectivity index (χ1v) is 13.3. The van der Waals surface area contributed by atoms with Crippen LogP contribution in [0, 0.1) is 5.92 Å². The van der Waals surface area contributed by atoms with Crippen molar-refractivity contribution in [2.75, 3.05) is 27.3 Å². The van der Waals surface area contributed by atoms with Crippen molar-refractivity contribution >= 4 is 32.7 Å². The number of rotatable bonds is 7. The molecule has 3 amide bonds. The van der Waals surface area contributed by atoms with E-state index in [1.807, 2.05) is 0 Å². The lowest BCUT2D eigenvalue weighted by molar-refractivity contribution is -0.127. The number of nitrogens with zero attached hydrogens (tertiary/aromatic N) is 2. The summed E-state index contributed by atoms with van der Waals surface area (Å²) in [5.41, 5.74) is -1.34. The quantitative estimate of drug-likeness (QED) is 0.399. The van der Waals surface area contributed by atoms with E-state index in [4.69, 9.17) is 9.47 Å². The average molecular weight is 529 g/mol. The molecule has 1 unspecified atom stereocenters. The van der Waals surface area contributed by atoms with Crippen molar-refractivity contribution in [3.05, 3.63) is 48.7 Å². The molecule has 12 heteroatoms. The molecule has 2 fully saturated rings. The number of ether oxygens (including phenoxy) is 2. The number of amides is 3. The monoisotopic (exact) mass is 528 g/mol. The number of methoxy groups -OCH3 is 2. The molecule has 0 spiro atoms. The van der Waals surface area contributed by atoms with Crippen molar-refractivity contribution in [3.63, 3.8) is 0 Å². The minimum absolute atomic E-state index is 0.0106. The topological polar surface area (TPSA) is 139 Å². The molecule has 2 aliphatic rings. The molecule has 37 heavy (non-hydrogen) atoms. The average Bonchev–Trinajstić information content (AvgIpc) is 3.38. The lowest BCUT2D eigenvalue weighted by atomic mass is 9.77. The summed E-state index contributed by atoms with van der Waals surface area (Å²) in [5.74, 6) is 0.286. The molecular weight excluding hydrogens is 500 g/mol. The minimum Gasteiger partial charge on any atom is -0.497 e. The maximum atomic E-state index is 13.2. The molecule has 5 rings (SSSR count). The highest BCUT2D eigenvalue weighted by molar-refractivity contribution is 7.89. The van der Waals surface area contributed by atoms with Gasteiger partial charge in [-0.2, -0.15) is 4.31 Å². The predicted octanol–water partition coefficient (Wildman–Crippen LogP) is 2.04. The second kappa shape index (κ2) is 9.27. The van der Waals surface area contributed by atoms with Crippen molar-refractivity contribution in [1.82, 2.24) is 19.5 Å². The molecule has 3 aromatic rings. The van der Waals surface area contributed by atoms with E-state index < -0.39 is 27.5 Å². The normalized spacial score (nSPS) is 21.1. The second-order valence-electron chi connectivity index (χ2n) is 9.27. The second-order valence-corrected chi connectivity index (χ2v) is 11.2. The summed E-state index contributed by atoms with van der Waals surface area (Å²) in [5, 5.41) is 17.3. The Morgan fingerprint density at radius 2 is 1.68 bits per heavy atom. The van der Waals surface area contributed by atoms with Crippen molar-refractivity contribution in [3.8, 4) is 17.4 Å². The van der Waals surface area contributed by atoms with Crippen LogP contribution in [-0.4, -0.2) is 67.2 Å². The van der Waals surface area contributed by atoms with Crippen LogP contribution in [0.3, 0.4) is 0 Å². The molecule has 3 N–H and O–H groups in total. The Balaban J connectivity index is 1.40. The van der Waals surface area contributed by atoms with E-state index in [9.17, 15) is 23.1 Å². The van der Waals surface area contributed by atoms with Gasteiger partial charge in [0.1, 0.15) is 17.0 Å². The molecule has 1 aromatic heterocycles. The smallest absolute Gasteiger partial charge is 0.322 e. The number of nitrogens with one attached hydrogen (secondary N) is 2. The first-order chi connectivity index (χ1) is 17.7. The molecular formula is C25H28N4O7S. The molecule has 2 aliphatic heterocycles. The van der Waals surface area contributed by atoms with Crippen LogP contribution in [0.5, 0.6) is 17.4 Å². The maximum absolute atomic E-state index is 13.2. The van der Waals surface area contributed by atoms with Gasteiger partial charge in [-0.1, -0.05) is 0 Å². The summed E-state index contributed by atoms with van der Waals surface area (Å²) in [4.78, 5) is 25.6. The summed E-state index contributed by atoms with van der Waals surface area (Å²) in [6.07, 6.45) is 2.40. The molecule has 11 nitrogen and oxygen atoms in total. The van der Waals surface area contributed by atoms with E-state index in [1.54, 1.807) is 43.6 Å². The Hall–Kier alpha value is -3.77. The van der Waals surface area contributed by atoms with Gasteiger partial charge in [0.25, 0.3) is 5.91 Å². The maximum Gasteiger partial charge on any atom is 0.322 e. The Labute approximate surface area is 214 Å². The third kappa shape index (κ3) is 4.25. The van der Waals surface area contributed by atoms with Crippen LogP contribution in [0.1, 0.15) is 12.8 Å². The van der Waals surface area contributed by atoms with Crippen molar-refractivity contribution in [1.29, 1.82) is 0 Å². The molecule has 0 bridgehead atoms. The van der Waals surface area contributed by atoms with E-state index in [1.165, 1.54) is 28.1 Å². The highest BCUT2D eigenvalue weighted by Gasteiger charge is 2.53. The highest BCUT2D eigenvalue weighted by Crippen LogP contribution is 2.37. The lowest BCUT2D eigenvalue weighted by Crippen LogP contribution is -2.58. The number of carbonyl (C=O) groups excluding carboxylic acids is 2. The largest absolute Gasteiger partial charge is 0.497 e. The summed E-state index contributed by atoms with van der Waals surface area (Å²) in [6, 6.07) is 10.8. The van der Waals surface area contributed by atoms with Gasteiger partial charge in [-0.15, -0.1) is 0 Å². The SMILES string of the molecule is COc1ccc(S(=O)(=O)N2CCC(C3(Cn4cc5cc(OC)ccc5c4O)NC(=O)NC3=O)CC2)cc1. The summed E-state index contributed by atoms with van der Waals surface area (Å²) in [6.45, 7) is 0.352. The first kappa shape index (κ1) is 24.9. The van der Waals surface area contributed by atoms with E-state index in [-0.39, 0.29) is 36.3 Å². The van der Waals surface area contributed by atoms with Crippen LogP contribution >= 0.6 is 0 Å². The zero-order chi connectivity index (χ0) is 26.4. The lowest BCUT2D eigenvalue weighted by Gasteiger charge is -2.40. The van der Waals surface area contributed by atoms with E-state index in [0.29, 0.717) is 29.7 Å². The highest BCUT2D eigenvalue weighted by atomic mass is 32.2. The zero-order valence-corrected chi connectivity index (χ0v) is 21.2. The number of imide groups is 1. The Morgan fingerprint density at radius 1 is 1.03 bits per heavy atom. The van der Waals surface area contributed by atoms with Crippen LogP contribution in [0.15, 0.2) is 53.6 Å². The summed E-state index contributed by atoms with van der Waals surface area (Å²) >= 11 is 0. The van der Waals surface area contributed by atoms with E-state index >= 15 is 0 Å². The van der Waals surface area contributed by atoms with E-state index in [2.05, 4.69) is 10.6 Å². The number of hydrogen-bond acceptors (Lipinski definition) is 7. The number of sulfonamides is 1. The number of fused-ring (bicyclic) bond motifs is 1. The number of carbonyl (C=O) groups is 2. The van der Waals surface area contributed by atoms with Gasteiger partial charge in [0.2, 0.25) is 10.0 Å². The predicted molar refractivity (Wildman–Crippen MR) is 134 cm³/mol. The molecule has 196 valence electrons. The molecule has 2 saturated heterocycles. The number of piperidine rings is 1. The molecule has 1 atom stereocenters. The molecule has 0 saturated carbocycles. The third-order valence-electron chi connectivity index (χ3n) is 7.30. The van der Waals surface area contributed by atoms with Crippen molar-refractivity contribution in [2.24, 2.45) is 5.92 Å². The third-order valence-corrected chi connectivity index (χ3v) is 9.22. The van der Waals surface area contributed by atoms with Crippen LogP contribution in [-0.2, 0) is 21.4 Å². The Bertz CT molecular complexity index is 1460. The van der Waals surface area contributed by atoms with Gasteiger partial charge >= 0.3 is 6.03 Å². The van der Waals surface area contributed by atoms with Gasteiger partial charge in [0.05, 0.1) is 25.7 Å². The van der Waals surface area contributed by atoms with Gasteiger partial charge in [0, 0.05) is 30.1 Å². The fraction of sp³-hybridized carbons (Fsp3) is 0.360. The Kier molecular flexibility index (Phi) is 6.24. The van der Waals surface area contributed by atoms with E-state index in [0.717, 1.165) is 5.39 Å². The Morgan fingerprint density at radius 3 is 2.27 bits per heavy atom. The van der Waals surface area contributed by atoms with Crippen LogP contribution in [0.4, 0.5) is 4.79 Å². The van der Waals surface area contributed by atoms with Gasteiger partial charge in [0.15, 0.2) is 5.88 Å². The zero-order valence-electron chi connectivity index (χ0n) is 20.4. The molecule has 0 aliphatic carbocycles. The van der Waals surface area contributed by atoms with Gasteiger partial charge in [-0.05, 0) is 61.2 Å². The van der Waals surface area contributed by atoms with Crippen LogP contribution in [0.25, 0.3) is 10.8 Å². The fourth-order valence-electron chi connectivity index (χ4n) is 5.27. The summed E-state index contributed by atoms with van der Waals surface area (Å²) < 4.78 is 39.7. The minimum atomic E-state index is -3.73. The number of urea groups is 1. The number of hydrogen-bond donors (Lipinski definition) is 3. The van der Waals surface area contributed by atoms with Crippen LogP contribution in [0.2, 0.25) is 0 Å². The summed E-state index contributed by atoms with van der Waals surface area (Å²) in [7, 11) is -0.678. The van der Waals surface area contributed by atoms with Crippen molar-refractivity contribution < 1.29 is 32.6 Å². The van der Waals surface area contributed by atoms with Gasteiger partial charge < -0.3 is 24.5 Å². The molecule has 0 radical (unpaired) electrons. The fourth-order valence-corrected chi connectivity index (χ4v) is 6.74. The van der Waals surface area contributed by atoms with Crippen molar-refractivity contribution in [2.45, 2.75) is 29.8 Å². The molecule has 2 aromatic carbocycles. The number of aromatic nitrogens is 1. The number of benzene rings is 2. The molecule has 3 heterocycles. The van der Waals surface area contributed by atoms with Gasteiger partial charge in [-0.25, -0.2) is 13.2 Å².